The Morgan fingerprint density at radius 2 is 2.22 bits per heavy atom. The van der Waals surface area contributed by atoms with Crippen molar-refractivity contribution in [3.05, 3.63) is 0 Å². The second-order valence-electron chi connectivity index (χ2n) is 5.14. The van der Waals surface area contributed by atoms with Crippen LogP contribution in [0, 0.1) is 0 Å². The molecule has 2 rings (SSSR count). The molecule has 18 heavy (non-hydrogen) atoms. The van der Waals surface area contributed by atoms with Gasteiger partial charge in [0, 0.05) is 50.1 Å². The van der Waals surface area contributed by atoms with Gasteiger partial charge in [-0.25, -0.2) is 0 Å². The highest BCUT2D eigenvalue weighted by atomic mass is 32.2. The van der Waals surface area contributed by atoms with Crippen LogP contribution in [0.2, 0.25) is 0 Å². The van der Waals surface area contributed by atoms with Crippen LogP contribution in [0.15, 0.2) is 0 Å². The third-order valence-electron chi connectivity index (χ3n) is 3.74. The summed E-state index contributed by atoms with van der Waals surface area (Å²) in [7, 11) is 0. The molecule has 2 N–H and O–H groups in total. The molecule has 0 spiro atoms. The average Bonchev–Trinajstić information content (AvgIpc) is 2.91. The molecule has 4 nitrogen and oxygen atoms in total. The Bertz CT molecular complexity index is 251. The summed E-state index contributed by atoms with van der Waals surface area (Å²) < 4.78 is 0. The van der Waals surface area contributed by atoms with Crippen LogP contribution in [0.5, 0.6) is 0 Å². The van der Waals surface area contributed by atoms with Crippen molar-refractivity contribution < 1.29 is 4.79 Å². The SMILES string of the molecule is O=C(CCC1CCCN1)NCCN1CCSCC1. The molecule has 5 heteroatoms. The Labute approximate surface area is 114 Å². The van der Waals surface area contributed by atoms with E-state index in [0.29, 0.717) is 12.5 Å². The Hall–Kier alpha value is -0.260. The second kappa shape index (κ2) is 8.02. The molecule has 2 heterocycles. The van der Waals surface area contributed by atoms with Gasteiger partial charge in [0.25, 0.3) is 0 Å². The Balaban J connectivity index is 1.48. The molecule has 0 saturated carbocycles. The molecular weight excluding hydrogens is 246 g/mol. The minimum absolute atomic E-state index is 0.218. The fourth-order valence-electron chi connectivity index (χ4n) is 2.58. The maximum Gasteiger partial charge on any atom is 0.220 e. The van der Waals surface area contributed by atoms with Gasteiger partial charge in [0.15, 0.2) is 0 Å². The summed E-state index contributed by atoms with van der Waals surface area (Å²) in [6.45, 7) is 5.29. The smallest absolute Gasteiger partial charge is 0.220 e. The molecule has 1 amide bonds. The number of nitrogens with zero attached hydrogens (tertiary/aromatic N) is 1. The zero-order chi connectivity index (χ0) is 12.6. The van der Waals surface area contributed by atoms with E-state index in [9.17, 15) is 4.79 Å². The molecule has 104 valence electrons. The van der Waals surface area contributed by atoms with Gasteiger partial charge in [-0.2, -0.15) is 11.8 Å². The summed E-state index contributed by atoms with van der Waals surface area (Å²) in [4.78, 5) is 14.1. The van der Waals surface area contributed by atoms with Gasteiger partial charge in [-0.15, -0.1) is 0 Å². The van der Waals surface area contributed by atoms with Crippen LogP contribution in [-0.2, 0) is 4.79 Å². The standard InChI is InChI=1S/C13H25N3OS/c17-13(4-3-12-2-1-5-14-12)15-6-7-16-8-10-18-11-9-16/h12,14H,1-11H2,(H,15,17). The van der Waals surface area contributed by atoms with E-state index in [1.54, 1.807) is 0 Å². The summed E-state index contributed by atoms with van der Waals surface area (Å²) in [5.41, 5.74) is 0. The molecule has 2 aliphatic rings. The summed E-state index contributed by atoms with van der Waals surface area (Å²) in [5.74, 6) is 2.69. The first-order valence-electron chi connectivity index (χ1n) is 7.15. The zero-order valence-electron chi connectivity index (χ0n) is 11.1. The van der Waals surface area contributed by atoms with Gasteiger partial charge in [0.2, 0.25) is 5.91 Å². The van der Waals surface area contributed by atoms with Crippen LogP contribution in [0.3, 0.4) is 0 Å². The van der Waals surface area contributed by atoms with Crippen LogP contribution in [0.1, 0.15) is 25.7 Å². The number of nitrogens with one attached hydrogen (secondary N) is 2. The van der Waals surface area contributed by atoms with Crippen LogP contribution in [0.4, 0.5) is 0 Å². The number of thioether (sulfide) groups is 1. The van der Waals surface area contributed by atoms with Crippen molar-refractivity contribution in [3.8, 4) is 0 Å². The van der Waals surface area contributed by atoms with Crippen molar-refractivity contribution in [2.45, 2.75) is 31.7 Å². The van der Waals surface area contributed by atoms with Gasteiger partial charge in [0.05, 0.1) is 0 Å². The predicted molar refractivity (Wildman–Crippen MR) is 77.0 cm³/mol. The van der Waals surface area contributed by atoms with E-state index in [1.807, 2.05) is 11.8 Å². The molecule has 2 fully saturated rings. The maximum atomic E-state index is 11.7. The molecule has 0 aliphatic carbocycles. The van der Waals surface area contributed by atoms with Crippen molar-refractivity contribution in [1.29, 1.82) is 0 Å². The van der Waals surface area contributed by atoms with Crippen LogP contribution in [-0.4, -0.2) is 61.1 Å². The van der Waals surface area contributed by atoms with Crippen molar-refractivity contribution in [1.82, 2.24) is 15.5 Å². The Morgan fingerprint density at radius 3 is 2.94 bits per heavy atom. The third-order valence-corrected chi connectivity index (χ3v) is 4.68. The molecule has 1 atom stereocenters. The minimum Gasteiger partial charge on any atom is -0.355 e. The summed E-state index contributed by atoms with van der Waals surface area (Å²) >= 11 is 2.02. The average molecular weight is 271 g/mol. The number of carbonyl (C=O) groups excluding carboxylic acids is 1. The van der Waals surface area contributed by atoms with E-state index in [4.69, 9.17) is 0 Å². The molecule has 0 aromatic carbocycles. The van der Waals surface area contributed by atoms with Crippen molar-refractivity contribution >= 4 is 17.7 Å². The first-order chi connectivity index (χ1) is 8.84. The van der Waals surface area contributed by atoms with Crippen molar-refractivity contribution in [2.75, 3.05) is 44.2 Å². The molecule has 2 saturated heterocycles. The van der Waals surface area contributed by atoms with Crippen molar-refractivity contribution in [2.24, 2.45) is 0 Å². The van der Waals surface area contributed by atoms with E-state index < -0.39 is 0 Å². The fraction of sp³-hybridized carbons (Fsp3) is 0.923. The molecule has 0 radical (unpaired) electrons. The number of hydrogen-bond donors (Lipinski definition) is 2. The molecule has 1 unspecified atom stereocenters. The molecule has 2 aliphatic heterocycles. The highest BCUT2D eigenvalue weighted by molar-refractivity contribution is 7.99. The lowest BCUT2D eigenvalue weighted by molar-refractivity contribution is -0.121. The number of carbonyl (C=O) groups is 1. The number of rotatable bonds is 6. The summed E-state index contributed by atoms with van der Waals surface area (Å²) in [6, 6.07) is 0.579. The largest absolute Gasteiger partial charge is 0.355 e. The van der Waals surface area contributed by atoms with Crippen molar-refractivity contribution in [3.63, 3.8) is 0 Å². The van der Waals surface area contributed by atoms with E-state index in [2.05, 4.69) is 15.5 Å². The van der Waals surface area contributed by atoms with Gasteiger partial charge in [0.1, 0.15) is 0 Å². The third kappa shape index (κ3) is 5.16. The number of amides is 1. The van der Waals surface area contributed by atoms with Crippen LogP contribution in [0.25, 0.3) is 0 Å². The highest BCUT2D eigenvalue weighted by Gasteiger charge is 2.15. The summed E-state index contributed by atoms with van der Waals surface area (Å²) in [6.07, 6.45) is 4.16. The quantitative estimate of drug-likeness (QED) is 0.746. The van der Waals surface area contributed by atoms with E-state index in [0.717, 1.165) is 26.1 Å². The predicted octanol–water partition coefficient (Wildman–Crippen LogP) is 0.684. The topological polar surface area (TPSA) is 44.4 Å². The van der Waals surface area contributed by atoms with Gasteiger partial charge in [-0.3, -0.25) is 9.69 Å². The molecule has 0 aromatic heterocycles. The Kier molecular flexibility index (Phi) is 6.31. The lowest BCUT2D eigenvalue weighted by Crippen LogP contribution is -2.39. The first-order valence-corrected chi connectivity index (χ1v) is 8.30. The van der Waals surface area contributed by atoms with Gasteiger partial charge in [-0.05, 0) is 25.8 Å². The molecule has 0 aromatic rings. The van der Waals surface area contributed by atoms with E-state index >= 15 is 0 Å². The monoisotopic (exact) mass is 271 g/mol. The fourth-order valence-corrected chi connectivity index (χ4v) is 3.55. The van der Waals surface area contributed by atoms with E-state index in [1.165, 1.54) is 37.4 Å². The zero-order valence-corrected chi connectivity index (χ0v) is 11.9. The van der Waals surface area contributed by atoms with Crippen LogP contribution >= 0.6 is 11.8 Å². The highest BCUT2D eigenvalue weighted by Crippen LogP contribution is 2.10. The Morgan fingerprint density at radius 1 is 1.39 bits per heavy atom. The van der Waals surface area contributed by atoms with Gasteiger partial charge < -0.3 is 10.6 Å². The first kappa shape index (κ1) is 14.2. The van der Waals surface area contributed by atoms with Gasteiger partial charge in [-0.1, -0.05) is 0 Å². The van der Waals surface area contributed by atoms with E-state index in [-0.39, 0.29) is 5.91 Å². The van der Waals surface area contributed by atoms with Crippen LogP contribution < -0.4 is 10.6 Å². The second-order valence-corrected chi connectivity index (χ2v) is 6.36. The summed E-state index contributed by atoms with van der Waals surface area (Å²) in [5, 5.41) is 6.47. The molecular formula is C13H25N3OS. The number of hydrogen-bond acceptors (Lipinski definition) is 4. The maximum absolute atomic E-state index is 11.7. The lowest BCUT2D eigenvalue weighted by atomic mass is 10.1. The normalized spacial score (nSPS) is 25.2. The van der Waals surface area contributed by atoms with Gasteiger partial charge >= 0.3 is 0 Å². The molecule has 0 bridgehead atoms. The minimum atomic E-state index is 0.218. The lowest BCUT2D eigenvalue weighted by Gasteiger charge is -2.26.